The molecule has 2 nitrogen and oxygen atoms in total. The summed E-state index contributed by atoms with van der Waals surface area (Å²) in [4.78, 5) is 4.72. The second-order valence-corrected chi connectivity index (χ2v) is 4.48. The molecule has 1 aliphatic rings. The normalized spacial score (nSPS) is 18.2. The van der Waals surface area contributed by atoms with E-state index in [1.165, 1.54) is 0 Å². The zero-order valence-corrected chi connectivity index (χ0v) is 9.11. The lowest BCUT2D eigenvalue weighted by Crippen LogP contribution is -2.18. The Kier molecular flexibility index (Phi) is 2.71. The van der Waals surface area contributed by atoms with Crippen LogP contribution in [0, 0.1) is 0 Å². The highest BCUT2D eigenvalue weighted by Crippen LogP contribution is 2.51. The third-order valence-corrected chi connectivity index (χ3v) is 3.56. The molecule has 14 heavy (non-hydrogen) atoms. The first-order valence-corrected chi connectivity index (χ1v) is 5.21. The molecule has 0 heterocycles. The van der Waals surface area contributed by atoms with Crippen LogP contribution in [0.15, 0.2) is 18.2 Å². The molecule has 0 atom stereocenters. The summed E-state index contributed by atoms with van der Waals surface area (Å²) in [6.07, 6.45) is 2.12. The van der Waals surface area contributed by atoms with Crippen LogP contribution in [0.5, 0.6) is 0 Å². The highest BCUT2D eigenvalue weighted by molar-refractivity contribution is 6.42. The fraction of sp³-hybridized carbons (Fsp3) is 0.400. The minimum absolute atomic E-state index is 0.0106. The van der Waals surface area contributed by atoms with Crippen LogP contribution in [-0.4, -0.2) is 6.61 Å². The second-order valence-electron chi connectivity index (χ2n) is 3.69. The van der Waals surface area contributed by atoms with Gasteiger partial charge in [-0.3, -0.25) is 0 Å². The Morgan fingerprint density at radius 3 is 2.64 bits per heavy atom. The molecule has 0 saturated heterocycles. The maximum Gasteiger partial charge on any atom is 0.0776 e. The van der Waals surface area contributed by atoms with Crippen molar-refractivity contribution in [1.82, 2.24) is 0 Å². The monoisotopic (exact) mass is 231 g/mol. The van der Waals surface area contributed by atoms with E-state index in [-0.39, 0.29) is 5.41 Å². The molecule has 0 bridgehead atoms. The lowest BCUT2D eigenvalue weighted by Gasteiger charge is -2.16. The quantitative estimate of drug-likeness (QED) is 0.813. The number of rotatable bonds is 3. The Hall–Kier alpha value is -0.280. The van der Waals surface area contributed by atoms with Gasteiger partial charge in [0, 0.05) is 5.41 Å². The van der Waals surface area contributed by atoms with Gasteiger partial charge >= 0.3 is 0 Å². The van der Waals surface area contributed by atoms with E-state index >= 15 is 0 Å². The number of benzene rings is 1. The van der Waals surface area contributed by atoms with Gasteiger partial charge in [0.1, 0.15) is 0 Å². The number of nitrogens with two attached hydrogens (primary N) is 1. The van der Waals surface area contributed by atoms with E-state index in [0.29, 0.717) is 16.7 Å². The average molecular weight is 232 g/mol. The van der Waals surface area contributed by atoms with Crippen LogP contribution in [0.25, 0.3) is 0 Å². The largest absolute Gasteiger partial charge is 0.304 e. The van der Waals surface area contributed by atoms with Crippen molar-refractivity contribution < 1.29 is 4.84 Å². The van der Waals surface area contributed by atoms with Crippen LogP contribution in [0.3, 0.4) is 0 Å². The average Bonchev–Trinajstić information content (AvgIpc) is 2.91. The van der Waals surface area contributed by atoms with Gasteiger partial charge in [-0.2, -0.15) is 0 Å². The molecule has 1 fully saturated rings. The minimum atomic E-state index is 0.0106. The summed E-state index contributed by atoms with van der Waals surface area (Å²) in [5, 5.41) is 1.22. The van der Waals surface area contributed by atoms with Gasteiger partial charge in [-0.25, -0.2) is 5.90 Å². The molecule has 0 unspecified atom stereocenters. The topological polar surface area (TPSA) is 35.2 Å². The zero-order chi connectivity index (χ0) is 10.2. The van der Waals surface area contributed by atoms with Crippen LogP contribution in [0.2, 0.25) is 10.0 Å². The van der Waals surface area contributed by atoms with Crippen molar-refractivity contribution in [3.63, 3.8) is 0 Å². The van der Waals surface area contributed by atoms with Gasteiger partial charge in [0.15, 0.2) is 0 Å². The summed E-state index contributed by atoms with van der Waals surface area (Å²) in [6, 6.07) is 5.67. The molecular formula is C10H11Cl2NO. The number of hydrogen-bond acceptors (Lipinski definition) is 2. The Labute approximate surface area is 92.9 Å². The Morgan fingerprint density at radius 1 is 1.36 bits per heavy atom. The molecular weight excluding hydrogens is 221 g/mol. The molecule has 0 radical (unpaired) electrons. The Bertz CT molecular complexity index is 350. The van der Waals surface area contributed by atoms with Crippen molar-refractivity contribution in [2.24, 2.45) is 5.90 Å². The Balaban J connectivity index is 2.37. The van der Waals surface area contributed by atoms with Crippen molar-refractivity contribution in [3.8, 4) is 0 Å². The minimum Gasteiger partial charge on any atom is -0.304 e. The highest BCUT2D eigenvalue weighted by atomic mass is 35.5. The third kappa shape index (κ3) is 1.63. The maximum atomic E-state index is 6.13. The van der Waals surface area contributed by atoms with Crippen LogP contribution in [-0.2, 0) is 10.3 Å². The highest BCUT2D eigenvalue weighted by Gasteiger charge is 2.46. The van der Waals surface area contributed by atoms with E-state index in [4.69, 9.17) is 33.9 Å². The van der Waals surface area contributed by atoms with Gasteiger partial charge in [-0.1, -0.05) is 35.3 Å². The summed E-state index contributed by atoms with van der Waals surface area (Å²) in [6.45, 7) is 0.507. The van der Waals surface area contributed by atoms with Gasteiger partial charge < -0.3 is 4.84 Å². The number of hydrogen-bond donors (Lipinski definition) is 1. The van der Waals surface area contributed by atoms with Crippen molar-refractivity contribution in [1.29, 1.82) is 0 Å². The predicted molar refractivity (Wildman–Crippen MR) is 57.5 cm³/mol. The van der Waals surface area contributed by atoms with E-state index in [2.05, 4.69) is 0 Å². The molecule has 1 saturated carbocycles. The summed E-state index contributed by atoms with van der Waals surface area (Å²) in [7, 11) is 0. The van der Waals surface area contributed by atoms with Crippen LogP contribution >= 0.6 is 23.2 Å². The predicted octanol–water partition coefficient (Wildman–Crippen LogP) is 2.92. The molecule has 1 aromatic carbocycles. The summed E-state index contributed by atoms with van der Waals surface area (Å²) in [5.74, 6) is 5.10. The molecule has 76 valence electrons. The van der Waals surface area contributed by atoms with E-state index in [1.807, 2.05) is 12.1 Å². The fourth-order valence-corrected chi connectivity index (χ4v) is 2.22. The van der Waals surface area contributed by atoms with Gasteiger partial charge in [0.2, 0.25) is 0 Å². The van der Waals surface area contributed by atoms with Crippen molar-refractivity contribution >= 4 is 23.2 Å². The smallest absolute Gasteiger partial charge is 0.0776 e. The lowest BCUT2D eigenvalue weighted by atomic mass is 9.97. The first-order chi connectivity index (χ1) is 6.69. The first-order valence-electron chi connectivity index (χ1n) is 4.46. The van der Waals surface area contributed by atoms with Crippen LogP contribution in [0.1, 0.15) is 18.4 Å². The van der Waals surface area contributed by atoms with Gasteiger partial charge in [0.05, 0.1) is 16.7 Å². The lowest BCUT2D eigenvalue weighted by molar-refractivity contribution is 0.116. The van der Waals surface area contributed by atoms with E-state index in [0.717, 1.165) is 18.4 Å². The van der Waals surface area contributed by atoms with Crippen molar-refractivity contribution in [3.05, 3.63) is 33.8 Å². The van der Waals surface area contributed by atoms with Crippen LogP contribution in [0.4, 0.5) is 0 Å². The Morgan fingerprint density at radius 2 is 2.07 bits per heavy atom. The van der Waals surface area contributed by atoms with Crippen LogP contribution < -0.4 is 5.90 Å². The third-order valence-electron chi connectivity index (χ3n) is 2.74. The van der Waals surface area contributed by atoms with E-state index < -0.39 is 0 Å². The molecule has 0 amide bonds. The fourth-order valence-electron chi connectivity index (χ4n) is 1.72. The molecule has 2 N–H and O–H groups in total. The number of halogens is 2. The molecule has 1 aliphatic carbocycles. The summed E-state index contributed by atoms with van der Waals surface area (Å²) in [5.41, 5.74) is 1.06. The van der Waals surface area contributed by atoms with Gasteiger partial charge in [-0.05, 0) is 24.5 Å². The maximum absolute atomic E-state index is 6.13. The zero-order valence-electron chi connectivity index (χ0n) is 7.59. The molecule has 0 aromatic heterocycles. The van der Waals surface area contributed by atoms with Crippen molar-refractivity contribution in [2.75, 3.05) is 6.61 Å². The van der Waals surface area contributed by atoms with Gasteiger partial charge in [0.25, 0.3) is 0 Å². The summed E-state index contributed by atoms with van der Waals surface area (Å²) >= 11 is 12.1. The van der Waals surface area contributed by atoms with Crippen molar-refractivity contribution in [2.45, 2.75) is 18.3 Å². The standard InChI is InChI=1S/C10H11Cl2NO/c11-8-3-1-2-7(9(8)12)10(4-5-10)6-14-13/h1-3H,4-6,13H2. The molecule has 0 spiro atoms. The second kappa shape index (κ2) is 3.70. The first kappa shape index (κ1) is 10.2. The summed E-state index contributed by atoms with van der Waals surface area (Å²) < 4.78 is 0. The SMILES string of the molecule is NOCC1(c2cccc(Cl)c2Cl)CC1. The molecule has 0 aliphatic heterocycles. The molecule has 1 aromatic rings. The van der Waals surface area contributed by atoms with E-state index in [1.54, 1.807) is 6.07 Å². The molecule has 4 heteroatoms. The van der Waals surface area contributed by atoms with Gasteiger partial charge in [-0.15, -0.1) is 0 Å². The molecule has 2 rings (SSSR count). The van der Waals surface area contributed by atoms with E-state index in [9.17, 15) is 0 Å².